The number of hydrogen-bond acceptors (Lipinski definition) is 3. The molecule has 2 N–H and O–H groups in total. The smallest absolute Gasteiger partial charge is 0.251 e. The molecule has 0 spiro atoms. The molecule has 0 saturated heterocycles. The highest BCUT2D eigenvalue weighted by molar-refractivity contribution is 7.89. The predicted octanol–water partition coefficient (Wildman–Crippen LogP) is 3.71. The summed E-state index contributed by atoms with van der Waals surface area (Å²) in [7, 11) is -3.60. The Labute approximate surface area is 163 Å². The van der Waals surface area contributed by atoms with Crippen molar-refractivity contribution < 1.29 is 13.2 Å². The van der Waals surface area contributed by atoms with Gasteiger partial charge >= 0.3 is 0 Å². The number of nitrogens with one attached hydrogen (secondary N) is 2. The monoisotopic (exact) mass is 392 g/mol. The van der Waals surface area contributed by atoms with Crippen molar-refractivity contribution in [3.63, 3.8) is 0 Å². The van der Waals surface area contributed by atoms with Crippen LogP contribution in [0, 0.1) is 16.7 Å². The van der Waals surface area contributed by atoms with Crippen LogP contribution in [0.3, 0.4) is 0 Å². The number of carbonyl (C=O) groups is 1. The molecule has 2 fully saturated rings. The highest BCUT2D eigenvalue weighted by Gasteiger charge is 2.61. The van der Waals surface area contributed by atoms with Gasteiger partial charge in [0.2, 0.25) is 10.0 Å². The molecule has 0 aromatic heterocycles. The minimum atomic E-state index is -3.60. The van der Waals surface area contributed by atoms with Crippen LogP contribution in [0.1, 0.15) is 71.2 Å². The molecule has 1 aromatic carbocycles. The van der Waals surface area contributed by atoms with Gasteiger partial charge in [-0.3, -0.25) is 4.79 Å². The van der Waals surface area contributed by atoms with E-state index >= 15 is 0 Å². The maximum absolute atomic E-state index is 12.7. The Kier molecular flexibility index (Phi) is 4.75. The van der Waals surface area contributed by atoms with Crippen molar-refractivity contribution in [1.29, 1.82) is 0 Å². The van der Waals surface area contributed by atoms with Crippen LogP contribution < -0.4 is 10.0 Å². The van der Waals surface area contributed by atoms with Crippen molar-refractivity contribution >= 4 is 15.9 Å². The van der Waals surface area contributed by atoms with E-state index in [1.165, 1.54) is 18.6 Å². The van der Waals surface area contributed by atoms with Crippen LogP contribution in [-0.2, 0) is 10.0 Å². The first-order chi connectivity index (χ1) is 12.3. The fraction of sp³-hybridized carbons (Fsp3) is 0.667. The second kappa shape index (κ2) is 6.31. The fourth-order valence-electron chi connectivity index (χ4n) is 4.91. The van der Waals surface area contributed by atoms with Crippen LogP contribution in [0.5, 0.6) is 0 Å². The second-order valence-corrected chi connectivity index (χ2v) is 11.7. The lowest BCUT2D eigenvalue weighted by Gasteiger charge is -2.39. The summed E-state index contributed by atoms with van der Waals surface area (Å²) in [5.41, 5.74) is 0.294. The summed E-state index contributed by atoms with van der Waals surface area (Å²) in [4.78, 5) is 12.9. The molecule has 2 aliphatic rings. The molecule has 0 radical (unpaired) electrons. The number of amides is 1. The first-order valence-electron chi connectivity index (χ1n) is 9.71. The Morgan fingerprint density at radius 1 is 1.11 bits per heavy atom. The highest BCUT2D eigenvalue weighted by Crippen LogP contribution is 2.65. The van der Waals surface area contributed by atoms with Gasteiger partial charge in [-0.2, -0.15) is 0 Å². The zero-order valence-electron chi connectivity index (χ0n) is 17.2. The molecule has 6 heteroatoms. The van der Waals surface area contributed by atoms with Crippen molar-refractivity contribution in [2.45, 2.75) is 77.3 Å². The van der Waals surface area contributed by atoms with E-state index in [0.29, 0.717) is 11.5 Å². The number of rotatable bonds is 4. The SMILES string of the molecule is CC(C)(C)NS(=O)(=O)c1ccc(C(=O)NC2CC3CCC2(C)C3(C)C)cc1. The lowest BCUT2D eigenvalue weighted by molar-refractivity contribution is 0.0826. The molecule has 5 nitrogen and oxygen atoms in total. The molecular weight excluding hydrogens is 360 g/mol. The van der Waals surface area contributed by atoms with Crippen molar-refractivity contribution in [3.05, 3.63) is 29.8 Å². The molecule has 1 amide bonds. The minimum Gasteiger partial charge on any atom is -0.349 e. The maximum Gasteiger partial charge on any atom is 0.251 e. The third-order valence-electron chi connectivity index (χ3n) is 6.97. The van der Waals surface area contributed by atoms with E-state index in [2.05, 4.69) is 30.8 Å². The van der Waals surface area contributed by atoms with E-state index < -0.39 is 15.6 Å². The van der Waals surface area contributed by atoms with Gasteiger partial charge < -0.3 is 5.32 Å². The van der Waals surface area contributed by atoms with Crippen molar-refractivity contribution in [2.75, 3.05) is 0 Å². The Hall–Kier alpha value is -1.40. The van der Waals surface area contributed by atoms with Crippen molar-refractivity contribution in [2.24, 2.45) is 16.7 Å². The van der Waals surface area contributed by atoms with Crippen LogP contribution in [0.4, 0.5) is 0 Å². The number of hydrogen-bond donors (Lipinski definition) is 2. The van der Waals surface area contributed by atoms with Gasteiger partial charge in [-0.1, -0.05) is 20.8 Å². The predicted molar refractivity (Wildman–Crippen MR) is 107 cm³/mol. The summed E-state index contributed by atoms with van der Waals surface area (Å²) in [6, 6.07) is 6.34. The Morgan fingerprint density at radius 2 is 1.70 bits per heavy atom. The summed E-state index contributed by atoms with van der Waals surface area (Å²) in [6.07, 6.45) is 3.41. The van der Waals surface area contributed by atoms with Gasteiger partial charge in [-0.15, -0.1) is 0 Å². The summed E-state index contributed by atoms with van der Waals surface area (Å²) in [6.45, 7) is 12.3. The number of fused-ring (bicyclic) bond motifs is 2. The molecule has 0 heterocycles. The van der Waals surface area contributed by atoms with Gasteiger partial charge in [-0.25, -0.2) is 13.1 Å². The average Bonchev–Trinajstić information content (AvgIpc) is 2.86. The number of sulfonamides is 1. The fourth-order valence-corrected chi connectivity index (χ4v) is 6.33. The minimum absolute atomic E-state index is 0.118. The molecule has 3 rings (SSSR count). The largest absolute Gasteiger partial charge is 0.349 e. The molecule has 0 aliphatic heterocycles. The summed E-state index contributed by atoms with van der Waals surface area (Å²) < 4.78 is 27.4. The number of carbonyl (C=O) groups excluding carboxylic acids is 1. The molecule has 2 bridgehead atoms. The van der Waals surface area contributed by atoms with Crippen LogP contribution in [-0.4, -0.2) is 25.9 Å². The van der Waals surface area contributed by atoms with Gasteiger partial charge in [0, 0.05) is 17.1 Å². The lowest BCUT2D eigenvalue weighted by Crippen LogP contribution is -2.46. The van der Waals surface area contributed by atoms with Gasteiger partial charge in [0.25, 0.3) is 5.91 Å². The molecule has 150 valence electrons. The zero-order chi connectivity index (χ0) is 20.3. The van der Waals surface area contributed by atoms with Crippen LogP contribution in [0.25, 0.3) is 0 Å². The van der Waals surface area contributed by atoms with E-state index in [9.17, 15) is 13.2 Å². The Bertz CT molecular complexity index is 837. The topological polar surface area (TPSA) is 75.3 Å². The standard InChI is InChI=1S/C21H32N2O3S/c1-19(2,3)23-27(25,26)16-9-7-14(8-10-16)18(24)22-17-13-15-11-12-21(17,6)20(15,4)5/h7-10,15,17,23H,11-13H2,1-6H3,(H,22,24). The summed E-state index contributed by atoms with van der Waals surface area (Å²) in [5.74, 6) is 0.529. The van der Waals surface area contributed by atoms with E-state index in [-0.39, 0.29) is 27.7 Å². The molecule has 27 heavy (non-hydrogen) atoms. The highest BCUT2D eigenvalue weighted by atomic mass is 32.2. The Morgan fingerprint density at radius 3 is 2.15 bits per heavy atom. The second-order valence-electron chi connectivity index (χ2n) is 10.0. The molecule has 3 atom stereocenters. The number of benzene rings is 1. The third-order valence-corrected chi connectivity index (χ3v) is 8.74. The van der Waals surface area contributed by atoms with Crippen molar-refractivity contribution in [3.8, 4) is 0 Å². The first-order valence-corrected chi connectivity index (χ1v) is 11.2. The van der Waals surface area contributed by atoms with Crippen LogP contribution in [0.15, 0.2) is 29.2 Å². The van der Waals surface area contributed by atoms with Crippen LogP contribution in [0.2, 0.25) is 0 Å². The van der Waals surface area contributed by atoms with Crippen molar-refractivity contribution in [1.82, 2.24) is 10.0 Å². The molecular formula is C21H32N2O3S. The summed E-state index contributed by atoms with van der Waals surface area (Å²) >= 11 is 0. The molecule has 2 saturated carbocycles. The van der Waals surface area contributed by atoms with E-state index in [1.807, 2.05) is 0 Å². The van der Waals surface area contributed by atoms with E-state index in [4.69, 9.17) is 0 Å². The lowest BCUT2D eigenvalue weighted by atomic mass is 9.69. The van der Waals surface area contributed by atoms with Gasteiger partial charge in [0.1, 0.15) is 0 Å². The third kappa shape index (κ3) is 3.54. The molecule has 3 unspecified atom stereocenters. The zero-order valence-corrected chi connectivity index (χ0v) is 18.0. The van der Waals surface area contributed by atoms with Gasteiger partial charge in [0.15, 0.2) is 0 Å². The maximum atomic E-state index is 12.7. The van der Waals surface area contributed by atoms with E-state index in [1.54, 1.807) is 32.9 Å². The summed E-state index contributed by atoms with van der Waals surface area (Å²) in [5, 5.41) is 3.22. The van der Waals surface area contributed by atoms with Gasteiger partial charge in [-0.05, 0) is 81.0 Å². The van der Waals surface area contributed by atoms with Crippen LogP contribution >= 0.6 is 0 Å². The average molecular weight is 393 g/mol. The first kappa shape index (κ1) is 20.3. The van der Waals surface area contributed by atoms with E-state index in [0.717, 1.165) is 12.8 Å². The molecule has 1 aromatic rings. The van der Waals surface area contributed by atoms with Gasteiger partial charge in [0.05, 0.1) is 4.90 Å². The quantitative estimate of drug-likeness (QED) is 0.820. The molecule has 2 aliphatic carbocycles. The Balaban J connectivity index is 1.72. The normalized spacial score (nSPS) is 29.7.